The van der Waals surface area contributed by atoms with Crippen molar-refractivity contribution < 1.29 is 4.79 Å². The lowest BCUT2D eigenvalue weighted by Gasteiger charge is -2.26. The number of hydrogen-bond donors (Lipinski definition) is 1. The fourth-order valence-electron chi connectivity index (χ4n) is 1.56. The predicted molar refractivity (Wildman–Crippen MR) is 60.2 cm³/mol. The molecule has 0 aromatic heterocycles. The van der Waals surface area contributed by atoms with Gasteiger partial charge in [0.15, 0.2) is 0 Å². The second-order valence-corrected chi connectivity index (χ2v) is 4.38. The van der Waals surface area contributed by atoms with E-state index in [0.29, 0.717) is 12.0 Å². The van der Waals surface area contributed by atoms with E-state index in [1.54, 1.807) is 19.0 Å². The van der Waals surface area contributed by atoms with Crippen LogP contribution in [0.2, 0.25) is 0 Å². The first-order valence-electron chi connectivity index (χ1n) is 5.37. The van der Waals surface area contributed by atoms with Gasteiger partial charge in [-0.05, 0) is 19.3 Å². The number of hydrogen-bond acceptors (Lipinski definition) is 2. The minimum absolute atomic E-state index is 0.0858. The molecule has 3 nitrogen and oxygen atoms in total. The summed E-state index contributed by atoms with van der Waals surface area (Å²) >= 11 is 0. The molecule has 0 saturated heterocycles. The second-order valence-electron chi connectivity index (χ2n) is 4.38. The van der Waals surface area contributed by atoms with Crippen LogP contribution in [0.4, 0.5) is 0 Å². The summed E-state index contributed by atoms with van der Waals surface area (Å²) in [5, 5.41) is 3.36. The monoisotopic (exact) mass is 200 g/mol. The SMILES string of the molecule is CCC(N[C@H](C)C(=O)N(C)C)C(C)C. The Morgan fingerprint density at radius 2 is 1.79 bits per heavy atom. The summed E-state index contributed by atoms with van der Waals surface area (Å²) in [5.74, 6) is 0.710. The van der Waals surface area contributed by atoms with E-state index in [1.807, 2.05) is 6.92 Å². The minimum Gasteiger partial charge on any atom is -0.347 e. The van der Waals surface area contributed by atoms with Crippen LogP contribution in [-0.4, -0.2) is 37.0 Å². The van der Waals surface area contributed by atoms with Gasteiger partial charge < -0.3 is 10.2 Å². The number of nitrogens with one attached hydrogen (secondary N) is 1. The Bertz CT molecular complexity index is 178. The van der Waals surface area contributed by atoms with Crippen LogP contribution in [0.15, 0.2) is 0 Å². The number of likely N-dealkylation sites (N-methyl/N-ethyl adjacent to an activating group) is 1. The van der Waals surface area contributed by atoms with Gasteiger partial charge in [-0.2, -0.15) is 0 Å². The number of amides is 1. The Labute approximate surface area is 87.9 Å². The van der Waals surface area contributed by atoms with E-state index >= 15 is 0 Å². The zero-order valence-electron chi connectivity index (χ0n) is 10.3. The fraction of sp³-hybridized carbons (Fsp3) is 0.909. The topological polar surface area (TPSA) is 32.3 Å². The Hall–Kier alpha value is -0.570. The van der Waals surface area contributed by atoms with Crippen molar-refractivity contribution in [2.75, 3.05) is 14.1 Å². The zero-order chi connectivity index (χ0) is 11.3. The molecule has 84 valence electrons. The van der Waals surface area contributed by atoms with Gasteiger partial charge in [-0.1, -0.05) is 20.8 Å². The normalized spacial score (nSPS) is 15.4. The van der Waals surface area contributed by atoms with Gasteiger partial charge in [0.1, 0.15) is 0 Å². The molecule has 0 rings (SSSR count). The molecule has 0 heterocycles. The van der Waals surface area contributed by atoms with Crippen molar-refractivity contribution in [3.63, 3.8) is 0 Å². The molecule has 0 fully saturated rings. The molecule has 0 radical (unpaired) electrons. The number of nitrogens with zero attached hydrogens (tertiary/aromatic N) is 1. The molecule has 0 aromatic carbocycles. The van der Waals surface area contributed by atoms with Crippen LogP contribution >= 0.6 is 0 Å². The molecule has 14 heavy (non-hydrogen) atoms. The van der Waals surface area contributed by atoms with Crippen molar-refractivity contribution in [2.24, 2.45) is 5.92 Å². The molecule has 0 saturated carbocycles. The quantitative estimate of drug-likeness (QED) is 0.729. The first kappa shape index (κ1) is 13.4. The zero-order valence-corrected chi connectivity index (χ0v) is 10.3. The standard InChI is InChI=1S/C11H24N2O/c1-7-10(8(2)3)12-9(4)11(14)13(5)6/h8-10,12H,7H2,1-6H3/t9-,10?/m1/s1. The summed E-state index contributed by atoms with van der Waals surface area (Å²) in [7, 11) is 3.58. The first-order chi connectivity index (χ1) is 6.40. The average Bonchev–Trinajstić information content (AvgIpc) is 2.11. The van der Waals surface area contributed by atoms with Crippen molar-refractivity contribution in [3.05, 3.63) is 0 Å². The molecule has 0 aliphatic carbocycles. The Kier molecular flexibility index (Phi) is 5.77. The molecule has 0 aromatic rings. The van der Waals surface area contributed by atoms with Gasteiger partial charge in [-0.15, -0.1) is 0 Å². The molecule has 0 aliphatic heterocycles. The molecule has 1 N–H and O–H groups in total. The lowest BCUT2D eigenvalue weighted by Crippen LogP contribution is -2.47. The van der Waals surface area contributed by atoms with Crippen LogP contribution in [0, 0.1) is 5.92 Å². The van der Waals surface area contributed by atoms with Gasteiger partial charge >= 0.3 is 0 Å². The van der Waals surface area contributed by atoms with E-state index < -0.39 is 0 Å². The maximum atomic E-state index is 11.6. The van der Waals surface area contributed by atoms with Crippen LogP contribution in [-0.2, 0) is 4.79 Å². The lowest BCUT2D eigenvalue weighted by molar-refractivity contribution is -0.130. The third-order valence-electron chi connectivity index (χ3n) is 2.52. The predicted octanol–water partition coefficient (Wildman–Crippen LogP) is 1.49. The molecule has 2 atom stereocenters. The third-order valence-corrected chi connectivity index (χ3v) is 2.52. The summed E-state index contributed by atoms with van der Waals surface area (Å²) in [5.41, 5.74) is 0. The van der Waals surface area contributed by atoms with Crippen LogP contribution in [0.25, 0.3) is 0 Å². The highest BCUT2D eigenvalue weighted by Gasteiger charge is 2.19. The summed E-state index contributed by atoms with van der Waals surface area (Å²) in [6, 6.07) is 0.339. The van der Waals surface area contributed by atoms with Crippen LogP contribution < -0.4 is 5.32 Å². The van der Waals surface area contributed by atoms with Gasteiger partial charge in [-0.3, -0.25) is 4.79 Å². The van der Waals surface area contributed by atoms with Crippen molar-refractivity contribution >= 4 is 5.91 Å². The van der Waals surface area contributed by atoms with Gasteiger partial charge in [-0.25, -0.2) is 0 Å². The first-order valence-corrected chi connectivity index (χ1v) is 5.37. The molecular weight excluding hydrogens is 176 g/mol. The maximum Gasteiger partial charge on any atom is 0.238 e. The van der Waals surface area contributed by atoms with Crippen LogP contribution in [0.5, 0.6) is 0 Å². The second kappa shape index (κ2) is 6.02. The van der Waals surface area contributed by atoms with Gasteiger partial charge in [0.25, 0.3) is 0 Å². The minimum atomic E-state index is -0.0858. The highest BCUT2D eigenvalue weighted by Crippen LogP contribution is 2.06. The fourth-order valence-corrected chi connectivity index (χ4v) is 1.56. The van der Waals surface area contributed by atoms with Crippen molar-refractivity contribution in [3.8, 4) is 0 Å². The molecular formula is C11H24N2O. The van der Waals surface area contributed by atoms with Crippen molar-refractivity contribution in [1.29, 1.82) is 0 Å². The molecule has 0 aliphatic rings. The number of carbonyl (C=O) groups excluding carboxylic acids is 1. The van der Waals surface area contributed by atoms with Crippen LogP contribution in [0.3, 0.4) is 0 Å². The van der Waals surface area contributed by atoms with E-state index in [2.05, 4.69) is 26.1 Å². The summed E-state index contributed by atoms with van der Waals surface area (Å²) in [4.78, 5) is 13.2. The average molecular weight is 200 g/mol. The third kappa shape index (κ3) is 4.09. The number of carbonyl (C=O) groups is 1. The highest BCUT2D eigenvalue weighted by molar-refractivity contribution is 5.80. The largest absolute Gasteiger partial charge is 0.347 e. The van der Waals surface area contributed by atoms with Gasteiger partial charge in [0.2, 0.25) is 5.91 Å². The van der Waals surface area contributed by atoms with Crippen molar-refractivity contribution in [1.82, 2.24) is 10.2 Å². The van der Waals surface area contributed by atoms with E-state index in [9.17, 15) is 4.79 Å². The van der Waals surface area contributed by atoms with Crippen LogP contribution in [0.1, 0.15) is 34.1 Å². The number of rotatable bonds is 5. The smallest absolute Gasteiger partial charge is 0.238 e. The van der Waals surface area contributed by atoms with Gasteiger partial charge in [0.05, 0.1) is 6.04 Å². The van der Waals surface area contributed by atoms with Gasteiger partial charge in [0, 0.05) is 20.1 Å². The van der Waals surface area contributed by atoms with E-state index in [0.717, 1.165) is 6.42 Å². The van der Waals surface area contributed by atoms with E-state index in [1.165, 1.54) is 0 Å². The Morgan fingerprint density at radius 3 is 2.07 bits per heavy atom. The molecule has 0 bridgehead atoms. The summed E-state index contributed by atoms with van der Waals surface area (Å²) < 4.78 is 0. The molecule has 3 heteroatoms. The maximum absolute atomic E-state index is 11.6. The summed E-state index contributed by atoms with van der Waals surface area (Å²) in [6.07, 6.45) is 1.06. The van der Waals surface area contributed by atoms with E-state index in [4.69, 9.17) is 0 Å². The Balaban J connectivity index is 4.15. The molecule has 1 unspecified atom stereocenters. The molecule has 1 amide bonds. The summed E-state index contributed by atoms with van der Waals surface area (Å²) in [6.45, 7) is 8.42. The van der Waals surface area contributed by atoms with Crippen molar-refractivity contribution in [2.45, 2.75) is 46.2 Å². The Morgan fingerprint density at radius 1 is 1.29 bits per heavy atom. The molecule has 0 spiro atoms. The lowest BCUT2D eigenvalue weighted by atomic mass is 10.0. The van der Waals surface area contributed by atoms with E-state index in [-0.39, 0.29) is 11.9 Å². The highest BCUT2D eigenvalue weighted by atomic mass is 16.2.